The molecule has 0 unspecified atom stereocenters. The summed E-state index contributed by atoms with van der Waals surface area (Å²) in [5.74, 6) is 0.988. The molecule has 184 valence electrons. The fourth-order valence-corrected chi connectivity index (χ4v) is 6.02. The normalized spacial score (nSPS) is 16.3. The lowest BCUT2D eigenvalue weighted by Crippen LogP contribution is -2.42. The minimum Gasteiger partial charge on any atom is -0.381 e. The average Bonchev–Trinajstić information content (AvgIpc) is 3.56. The summed E-state index contributed by atoms with van der Waals surface area (Å²) in [4.78, 5) is 14.8. The number of nitrogens with zero attached hydrogens (tertiary/aromatic N) is 3. The van der Waals surface area contributed by atoms with Crippen molar-refractivity contribution in [1.82, 2.24) is 20.3 Å². The van der Waals surface area contributed by atoms with E-state index in [1.165, 1.54) is 33.6 Å². The molecular weight excluding hydrogens is 456 g/mol. The van der Waals surface area contributed by atoms with Crippen LogP contribution in [0.4, 0.5) is 17.2 Å². The fraction of sp³-hybridized carbons (Fsp3) is 0.226. The highest BCUT2D eigenvalue weighted by atomic mass is 15.2. The number of hydrogen-bond donors (Lipinski definition) is 3. The van der Waals surface area contributed by atoms with Crippen LogP contribution in [-0.4, -0.2) is 34.6 Å². The molecule has 0 radical (unpaired) electrons. The van der Waals surface area contributed by atoms with Crippen LogP contribution < -0.4 is 15.5 Å². The Kier molecular flexibility index (Phi) is 5.40. The lowest BCUT2D eigenvalue weighted by atomic mass is 9.74. The van der Waals surface area contributed by atoms with Gasteiger partial charge in [0.2, 0.25) is 0 Å². The van der Waals surface area contributed by atoms with Crippen molar-refractivity contribution in [3.05, 3.63) is 103 Å². The molecule has 2 aliphatic heterocycles. The van der Waals surface area contributed by atoms with Gasteiger partial charge in [0, 0.05) is 36.1 Å². The maximum Gasteiger partial charge on any atom is 0.145 e. The van der Waals surface area contributed by atoms with E-state index in [-0.39, 0.29) is 5.41 Å². The first-order chi connectivity index (χ1) is 18.3. The van der Waals surface area contributed by atoms with Gasteiger partial charge in [-0.05, 0) is 72.5 Å². The van der Waals surface area contributed by atoms with E-state index in [0.29, 0.717) is 0 Å². The molecule has 3 aromatic carbocycles. The Morgan fingerprint density at radius 2 is 1.68 bits per heavy atom. The molecule has 4 heterocycles. The maximum absolute atomic E-state index is 4.73. The molecule has 0 saturated carbocycles. The van der Waals surface area contributed by atoms with Gasteiger partial charge in [0.05, 0.1) is 5.39 Å². The highest BCUT2D eigenvalue weighted by Crippen LogP contribution is 2.50. The topological polar surface area (TPSA) is 68.9 Å². The summed E-state index contributed by atoms with van der Waals surface area (Å²) in [6.07, 6.45) is 5.87. The Morgan fingerprint density at radius 3 is 2.51 bits per heavy atom. The maximum atomic E-state index is 4.73. The number of anilines is 3. The minimum absolute atomic E-state index is 0.128. The quantitative estimate of drug-likeness (QED) is 0.284. The second kappa shape index (κ2) is 9.05. The van der Waals surface area contributed by atoms with Crippen LogP contribution in [0.5, 0.6) is 0 Å². The Labute approximate surface area is 216 Å². The van der Waals surface area contributed by atoms with Gasteiger partial charge in [-0.3, -0.25) is 0 Å². The van der Waals surface area contributed by atoms with Crippen molar-refractivity contribution in [3.8, 4) is 11.1 Å². The van der Waals surface area contributed by atoms with Crippen molar-refractivity contribution in [3.63, 3.8) is 0 Å². The van der Waals surface area contributed by atoms with E-state index in [0.717, 1.165) is 55.9 Å². The van der Waals surface area contributed by atoms with Gasteiger partial charge in [0.15, 0.2) is 0 Å². The van der Waals surface area contributed by atoms with E-state index < -0.39 is 0 Å². The van der Waals surface area contributed by atoms with Gasteiger partial charge in [0.1, 0.15) is 17.8 Å². The van der Waals surface area contributed by atoms with Crippen molar-refractivity contribution in [2.24, 2.45) is 0 Å². The number of benzene rings is 3. The molecule has 0 atom stereocenters. The van der Waals surface area contributed by atoms with E-state index >= 15 is 0 Å². The van der Waals surface area contributed by atoms with E-state index in [1.54, 1.807) is 6.33 Å². The third kappa shape index (κ3) is 3.94. The van der Waals surface area contributed by atoms with Crippen molar-refractivity contribution >= 4 is 28.2 Å². The zero-order valence-corrected chi connectivity index (χ0v) is 20.7. The fourth-order valence-electron chi connectivity index (χ4n) is 6.02. The molecule has 6 heteroatoms. The van der Waals surface area contributed by atoms with Crippen LogP contribution in [0, 0.1) is 0 Å². The summed E-state index contributed by atoms with van der Waals surface area (Å²) >= 11 is 0. The second-order valence-electron chi connectivity index (χ2n) is 10.2. The molecular formula is C31H30N6. The Balaban J connectivity index is 1.17. The van der Waals surface area contributed by atoms with Gasteiger partial charge in [-0.2, -0.15) is 0 Å². The van der Waals surface area contributed by atoms with Gasteiger partial charge in [-0.1, -0.05) is 54.6 Å². The third-order valence-corrected chi connectivity index (χ3v) is 8.03. The predicted molar refractivity (Wildman–Crippen MR) is 150 cm³/mol. The first-order valence-corrected chi connectivity index (χ1v) is 13.1. The first kappa shape index (κ1) is 22.1. The molecule has 6 nitrogen and oxygen atoms in total. The summed E-state index contributed by atoms with van der Waals surface area (Å²) in [7, 11) is 0. The SMILES string of the molecule is c1ccc(-c2ccc(CNc3ccc4c(c3)C3(CCNCC3)CN4c3ncnc4[nH]ccc34)cc2)cc1. The van der Waals surface area contributed by atoms with Gasteiger partial charge in [-0.15, -0.1) is 0 Å². The molecule has 0 aliphatic carbocycles. The summed E-state index contributed by atoms with van der Waals surface area (Å²) in [5.41, 5.74) is 8.64. The molecule has 3 N–H and O–H groups in total. The van der Waals surface area contributed by atoms with Crippen LogP contribution in [0.2, 0.25) is 0 Å². The van der Waals surface area contributed by atoms with Crippen molar-refractivity contribution in [1.29, 1.82) is 0 Å². The number of aromatic nitrogens is 3. The van der Waals surface area contributed by atoms with Crippen molar-refractivity contribution in [2.75, 3.05) is 29.9 Å². The summed E-state index contributed by atoms with van der Waals surface area (Å²) in [5, 5.41) is 8.32. The lowest BCUT2D eigenvalue weighted by molar-refractivity contribution is 0.329. The molecule has 5 aromatic rings. The molecule has 37 heavy (non-hydrogen) atoms. The average molecular weight is 487 g/mol. The highest BCUT2D eigenvalue weighted by Gasteiger charge is 2.44. The molecule has 1 spiro atoms. The number of hydrogen-bond acceptors (Lipinski definition) is 5. The summed E-state index contributed by atoms with van der Waals surface area (Å²) in [6, 6.07) is 28.3. The van der Waals surface area contributed by atoms with E-state index in [4.69, 9.17) is 4.98 Å². The van der Waals surface area contributed by atoms with E-state index in [2.05, 4.69) is 104 Å². The molecule has 0 amide bonds. The van der Waals surface area contributed by atoms with Crippen LogP contribution in [0.3, 0.4) is 0 Å². The van der Waals surface area contributed by atoms with Crippen molar-refractivity contribution < 1.29 is 0 Å². The van der Waals surface area contributed by atoms with Crippen LogP contribution in [0.25, 0.3) is 22.2 Å². The van der Waals surface area contributed by atoms with Crippen LogP contribution in [-0.2, 0) is 12.0 Å². The molecule has 1 fully saturated rings. The molecule has 1 saturated heterocycles. The number of piperidine rings is 1. The Hall–Kier alpha value is -4.16. The minimum atomic E-state index is 0.128. The van der Waals surface area contributed by atoms with Crippen LogP contribution >= 0.6 is 0 Å². The number of fused-ring (bicyclic) bond motifs is 3. The lowest BCUT2D eigenvalue weighted by Gasteiger charge is -2.35. The van der Waals surface area contributed by atoms with E-state index in [1.807, 2.05) is 6.20 Å². The standard InChI is InChI=1S/C31H30N6/c1-2-4-23(5-3-1)24-8-6-22(7-9-24)19-34-25-10-11-28-27(18-25)31(13-16-32-17-14-31)20-37(28)30-26-12-15-33-29(26)35-21-36-30/h1-12,15,18,21,32,34H,13-14,16-17,19-20H2,(H,33,35,36). The van der Waals surface area contributed by atoms with Crippen LogP contribution in [0.1, 0.15) is 24.0 Å². The number of aromatic amines is 1. The summed E-state index contributed by atoms with van der Waals surface area (Å²) < 4.78 is 0. The Bertz CT molecular complexity index is 1530. The molecule has 2 aliphatic rings. The predicted octanol–water partition coefficient (Wildman–Crippen LogP) is 6.01. The van der Waals surface area contributed by atoms with Gasteiger partial charge >= 0.3 is 0 Å². The summed E-state index contributed by atoms with van der Waals surface area (Å²) in [6.45, 7) is 3.83. The zero-order chi connectivity index (χ0) is 24.7. The van der Waals surface area contributed by atoms with Gasteiger partial charge < -0.3 is 20.5 Å². The smallest absolute Gasteiger partial charge is 0.145 e. The largest absolute Gasteiger partial charge is 0.381 e. The van der Waals surface area contributed by atoms with E-state index in [9.17, 15) is 0 Å². The van der Waals surface area contributed by atoms with Crippen LogP contribution in [0.15, 0.2) is 91.4 Å². The number of H-pyrrole nitrogens is 1. The third-order valence-electron chi connectivity index (χ3n) is 8.03. The molecule has 2 aromatic heterocycles. The van der Waals surface area contributed by atoms with Gasteiger partial charge in [0.25, 0.3) is 0 Å². The first-order valence-electron chi connectivity index (χ1n) is 13.1. The highest BCUT2D eigenvalue weighted by molar-refractivity contribution is 5.91. The van der Waals surface area contributed by atoms with Crippen molar-refractivity contribution in [2.45, 2.75) is 24.8 Å². The number of rotatable bonds is 5. The zero-order valence-electron chi connectivity index (χ0n) is 20.7. The monoisotopic (exact) mass is 486 g/mol. The van der Waals surface area contributed by atoms with Gasteiger partial charge in [-0.25, -0.2) is 9.97 Å². The molecule has 7 rings (SSSR count). The second-order valence-corrected chi connectivity index (χ2v) is 10.2. The number of nitrogens with one attached hydrogen (secondary N) is 3. The molecule has 0 bridgehead atoms. The Morgan fingerprint density at radius 1 is 0.865 bits per heavy atom.